The molecule has 0 atom stereocenters. The van der Waals surface area contributed by atoms with Gasteiger partial charge in [0.15, 0.2) is 11.5 Å². The highest BCUT2D eigenvalue weighted by Gasteiger charge is 2.17. The van der Waals surface area contributed by atoms with Crippen LogP contribution < -0.4 is 14.8 Å². The second kappa shape index (κ2) is 5.16. The van der Waals surface area contributed by atoms with Crippen molar-refractivity contribution < 1.29 is 18.7 Å². The first-order valence-corrected chi connectivity index (χ1v) is 6.01. The van der Waals surface area contributed by atoms with E-state index in [9.17, 15) is 9.18 Å². The van der Waals surface area contributed by atoms with Gasteiger partial charge in [-0.05, 0) is 18.2 Å². The average Bonchev–Trinajstić information content (AvgIpc) is 2.94. The minimum atomic E-state index is -0.618. The Kier molecular flexibility index (Phi) is 3.20. The molecular weight excluding hydrogens is 263 g/mol. The molecule has 1 N–H and O–H groups in total. The van der Waals surface area contributed by atoms with E-state index in [2.05, 4.69) is 10.3 Å². The van der Waals surface area contributed by atoms with Crippen molar-refractivity contribution in [3.63, 3.8) is 0 Å². The zero-order valence-corrected chi connectivity index (χ0v) is 10.4. The maximum absolute atomic E-state index is 12.7. The van der Waals surface area contributed by atoms with Gasteiger partial charge in [0.2, 0.25) is 12.7 Å². The number of pyridine rings is 1. The summed E-state index contributed by atoms with van der Waals surface area (Å²) < 4.78 is 23.3. The van der Waals surface area contributed by atoms with Crippen LogP contribution in [-0.2, 0) is 6.54 Å². The van der Waals surface area contributed by atoms with Crippen LogP contribution >= 0.6 is 0 Å². The lowest BCUT2D eigenvalue weighted by Crippen LogP contribution is -2.23. The molecule has 20 heavy (non-hydrogen) atoms. The smallest absolute Gasteiger partial charge is 0.253 e. The number of ether oxygens (including phenoxy) is 2. The topological polar surface area (TPSA) is 60.5 Å². The van der Waals surface area contributed by atoms with E-state index in [1.54, 1.807) is 6.07 Å². The number of rotatable bonds is 3. The highest BCUT2D eigenvalue weighted by Crippen LogP contribution is 2.35. The number of nitrogens with one attached hydrogen (secondary N) is 1. The van der Waals surface area contributed by atoms with Crippen LogP contribution in [0.1, 0.15) is 15.9 Å². The van der Waals surface area contributed by atoms with E-state index in [-0.39, 0.29) is 12.7 Å². The molecule has 3 rings (SSSR count). The van der Waals surface area contributed by atoms with Crippen molar-refractivity contribution in [1.29, 1.82) is 0 Å². The molecule has 0 bridgehead atoms. The molecule has 102 valence electrons. The molecule has 2 aromatic rings. The fourth-order valence-corrected chi connectivity index (χ4v) is 1.92. The predicted octanol–water partition coefficient (Wildman–Crippen LogP) is 1.88. The van der Waals surface area contributed by atoms with E-state index < -0.39 is 5.95 Å². The third-order valence-corrected chi connectivity index (χ3v) is 2.91. The minimum absolute atomic E-state index is 0.183. The number of amides is 1. The Balaban J connectivity index is 1.69. The predicted molar refractivity (Wildman–Crippen MR) is 67.9 cm³/mol. The Morgan fingerprint density at radius 2 is 2.20 bits per heavy atom. The lowest BCUT2D eigenvalue weighted by molar-refractivity contribution is 0.0950. The molecule has 0 aliphatic carbocycles. The van der Waals surface area contributed by atoms with Crippen LogP contribution in [0.5, 0.6) is 11.5 Å². The highest BCUT2D eigenvalue weighted by atomic mass is 19.1. The molecule has 2 heterocycles. The number of hydrogen-bond acceptors (Lipinski definition) is 4. The van der Waals surface area contributed by atoms with Crippen molar-refractivity contribution in [2.45, 2.75) is 6.54 Å². The highest BCUT2D eigenvalue weighted by molar-refractivity contribution is 5.93. The van der Waals surface area contributed by atoms with Gasteiger partial charge in [-0.1, -0.05) is 12.1 Å². The summed E-state index contributed by atoms with van der Waals surface area (Å²) in [6, 6.07) is 8.00. The molecule has 0 saturated carbocycles. The quantitative estimate of drug-likeness (QED) is 0.868. The number of carbonyl (C=O) groups is 1. The van der Waals surface area contributed by atoms with Crippen molar-refractivity contribution in [3.8, 4) is 11.5 Å². The number of para-hydroxylation sites is 1. The van der Waals surface area contributed by atoms with Crippen LogP contribution in [0.4, 0.5) is 4.39 Å². The van der Waals surface area contributed by atoms with Gasteiger partial charge in [-0.2, -0.15) is 4.39 Å². The van der Waals surface area contributed by atoms with Crippen LogP contribution in [0.25, 0.3) is 0 Å². The van der Waals surface area contributed by atoms with Gasteiger partial charge in [-0.3, -0.25) is 4.79 Å². The number of carbonyl (C=O) groups excluding carboxylic acids is 1. The molecular formula is C14H11FN2O3. The van der Waals surface area contributed by atoms with Gasteiger partial charge >= 0.3 is 0 Å². The molecule has 1 amide bonds. The molecule has 1 aliphatic heterocycles. The van der Waals surface area contributed by atoms with E-state index in [0.29, 0.717) is 23.6 Å². The Labute approximate surface area is 114 Å². The van der Waals surface area contributed by atoms with Gasteiger partial charge in [0.1, 0.15) is 0 Å². The first-order chi connectivity index (χ1) is 9.74. The van der Waals surface area contributed by atoms with Gasteiger partial charge in [0, 0.05) is 18.3 Å². The number of benzene rings is 1. The summed E-state index contributed by atoms with van der Waals surface area (Å²) in [6.07, 6.45) is 1.19. The van der Waals surface area contributed by atoms with Crippen LogP contribution in [0, 0.1) is 5.95 Å². The fourth-order valence-electron chi connectivity index (χ4n) is 1.92. The van der Waals surface area contributed by atoms with E-state index in [4.69, 9.17) is 9.47 Å². The van der Waals surface area contributed by atoms with Gasteiger partial charge in [-0.25, -0.2) is 4.98 Å². The first kappa shape index (κ1) is 12.4. The standard InChI is InChI=1S/C14H11FN2O3/c15-12-5-4-10(7-16-12)14(18)17-6-9-2-1-3-11-13(9)20-8-19-11/h1-5,7H,6,8H2,(H,17,18). The van der Waals surface area contributed by atoms with Crippen molar-refractivity contribution >= 4 is 5.91 Å². The van der Waals surface area contributed by atoms with Gasteiger partial charge < -0.3 is 14.8 Å². The van der Waals surface area contributed by atoms with Crippen molar-refractivity contribution in [2.24, 2.45) is 0 Å². The van der Waals surface area contributed by atoms with Gasteiger partial charge in [0.05, 0.1) is 5.56 Å². The van der Waals surface area contributed by atoms with Crippen molar-refractivity contribution in [1.82, 2.24) is 10.3 Å². The van der Waals surface area contributed by atoms with E-state index in [1.165, 1.54) is 12.3 Å². The summed E-state index contributed by atoms with van der Waals surface area (Å²) in [5, 5.41) is 2.73. The summed E-state index contributed by atoms with van der Waals surface area (Å²) in [5.74, 6) is 0.368. The Hall–Kier alpha value is -2.63. The first-order valence-electron chi connectivity index (χ1n) is 6.01. The molecule has 1 aromatic heterocycles. The molecule has 6 heteroatoms. The Morgan fingerprint density at radius 3 is 3.00 bits per heavy atom. The summed E-state index contributed by atoms with van der Waals surface area (Å²) in [7, 11) is 0. The van der Waals surface area contributed by atoms with Gasteiger partial charge in [-0.15, -0.1) is 0 Å². The molecule has 0 radical (unpaired) electrons. The van der Waals surface area contributed by atoms with E-state index in [1.807, 2.05) is 12.1 Å². The summed E-state index contributed by atoms with van der Waals surface area (Å²) in [6.45, 7) is 0.477. The average molecular weight is 274 g/mol. The van der Waals surface area contributed by atoms with Crippen LogP contribution in [0.15, 0.2) is 36.5 Å². The van der Waals surface area contributed by atoms with Gasteiger partial charge in [0.25, 0.3) is 5.91 Å². The number of hydrogen-bond donors (Lipinski definition) is 1. The second-order valence-corrected chi connectivity index (χ2v) is 4.20. The van der Waals surface area contributed by atoms with Crippen molar-refractivity contribution in [2.75, 3.05) is 6.79 Å². The SMILES string of the molecule is O=C(NCc1cccc2c1OCO2)c1ccc(F)nc1. The van der Waals surface area contributed by atoms with Crippen LogP contribution in [0.2, 0.25) is 0 Å². The van der Waals surface area contributed by atoms with E-state index in [0.717, 1.165) is 11.6 Å². The second-order valence-electron chi connectivity index (χ2n) is 4.20. The normalized spacial score (nSPS) is 12.2. The number of halogens is 1. The van der Waals surface area contributed by atoms with Crippen molar-refractivity contribution in [3.05, 3.63) is 53.6 Å². The minimum Gasteiger partial charge on any atom is -0.454 e. The zero-order chi connectivity index (χ0) is 13.9. The Morgan fingerprint density at radius 1 is 1.30 bits per heavy atom. The molecule has 1 aliphatic rings. The number of nitrogens with zero attached hydrogens (tertiary/aromatic N) is 1. The van der Waals surface area contributed by atoms with Crippen LogP contribution in [0.3, 0.4) is 0 Å². The fraction of sp³-hybridized carbons (Fsp3) is 0.143. The van der Waals surface area contributed by atoms with E-state index >= 15 is 0 Å². The molecule has 0 spiro atoms. The van der Waals surface area contributed by atoms with Crippen LogP contribution in [-0.4, -0.2) is 17.7 Å². The maximum atomic E-state index is 12.7. The molecule has 0 unspecified atom stereocenters. The maximum Gasteiger partial charge on any atom is 0.253 e. The summed E-state index contributed by atoms with van der Waals surface area (Å²) in [5.41, 5.74) is 1.12. The molecule has 5 nitrogen and oxygen atoms in total. The number of aromatic nitrogens is 1. The Bertz CT molecular complexity index is 643. The molecule has 0 fully saturated rings. The third-order valence-electron chi connectivity index (χ3n) is 2.91. The third kappa shape index (κ3) is 2.40. The summed E-state index contributed by atoms with van der Waals surface area (Å²) >= 11 is 0. The lowest BCUT2D eigenvalue weighted by atomic mass is 10.2. The monoisotopic (exact) mass is 274 g/mol. The lowest BCUT2D eigenvalue weighted by Gasteiger charge is -2.07. The molecule has 1 aromatic carbocycles. The number of fused-ring (bicyclic) bond motifs is 1. The molecule has 0 saturated heterocycles. The largest absolute Gasteiger partial charge is 0.454 e. The summed E-state index contributed by atoms with van der Waals surface area (Å²) in [4.78, 5) is 15.3. The zero-order valence-electron chi connectivity index (χ0n) is 10.4.